The lowest BCUT2D eigenvalue weighted by molar-refractivity contribution is -0.121. The first-order chi connectivity index (χ1) is 7.15. The lowest BCUT2D eigenvalue weighted by Gasteiger charge is -2.05. The molecule has 0 saturated heterocycles. The summed E-state index contributed by atoms with van der Waals surface area (Å²) >= 11 is 1.11. The van der Waals surface area contributed by atoms with E-state index in [-0.39, 0.29) is 17.3 Å². The van der Waals surface area contributed by atoms with Gasteiger partial charge in [0.05, 0.1) is 0 Å². The van der Waals surface area contributed by atoms with Crippen molar-refractivity contribution in [1.82, 2.24) is 9.88 Å². The topological polar surface area (TPSA) is 51.1 Å². The molecular weight excluding hydrogens is 212 g/mol. The van der Waals surface area contributed by atoms with E-state index in [0.717, 1.165) is 23.5 Å². The lowest BCUT2D eigenvalue weighted by atomic mass is 10.4. The Balaban J connectivity index is 2.51. The van der Waals surface area contributed by atoms with Gasteiger partial charge in [-0.15, -0.1) is 6.58 Å². The predicted octanol–water partition coefficient (Wildman–Crippen LogP) is 0.911. The molecule has 1 N–H and O–H groups in total. The molecule has 1 amide bonds. The SMILES string of the molecule is C=CCCNC(=O)Cn1c(C)csc1=O. The molecule has 0 saturated carbocycles. The fourth-order valence-corrected chi connectivity index (χ4v) is 1.84. The molecule has 1 heterocycles. The smallest absolute Gasteiger partial charge is 0.307 e. The minimum absolute atomic E-state index is 0.0913. The van der Waals surface area contributed by atoms with Crippen LogP contribution in [0.3, 0.4) is 0 Å². The van der Waals surface area contributed by atoms with Gasteiger partial charge in [0, 0.05) is 17.6 Å². The summed E-state index contributed by atoms with van der Waals surface area (Å²) in [6, 6.07) is 0. The van der Waals surface area contributed by atoms with Gasteiger partial charge in [-0.05, 0) is 13.3 Å². The number of thiazole rings is 1. The van der Waals surface area contributed by atoms with Crippen molar-refractivity contribution in [3.05, 3.63) is 33.4 Å². The Hall–Kier alpha value is -1.36. The molecule has 0 atom stereocenters. The number of aryl methyl sites for hydroxylation is 1. The van der Waals surface area contributed by atoms with Crippen molar-refractivity contribution in [3.8, 4) is 0 Å². The summed E-state index contributed by atoms with van der Waals surface area (Å²) in [6.45, 7) is 6.04. The monoisotopic (exact) mass is 226 g/mol. The molecule has 1 aromatic rings. The number of hydrogen-bond acceptors (Lipinski definition) is 3. The quantitative estimate of drug-likeness (QED) is 0.599. The van der Waals surface area contributed by atoms with Crippen LogP contribution in [0.4, 0.5) is 0 Å². The summed E-state index contributed by atoms with van der Waals surface area (Å²) in [4.78, 5) is 22.6. The summed E-state index contributed by atoms with van der Waals surface area (Å²) in [5.74, 6) is -0.138. The van der Waals surface area contributed by atoms with E-state index in [2.05, 4.69) is 11.9 Å². The van der Waals surface area contributed by atoms with E-state index < -0.39 is 0 Å². The van der Waals surface area contributed by atoms with E-state index in [0.29, 0.717) is 6.54 Å². The largest absolute Gasteiger partial charge is 0.354 e. The summed E-state index contributed by atoms with van der Waals surface area (Å²) in [6.07, 6.45) is 2.48. The van der Waals surface area contributed by atoms with Crippen LogP contribution in [0, 0.1) is 6.92 Å². The van der Waals surface area contributed by atoms with Gasteiger partial charge in [-0.1, -0.05) is 17.4 Å². The van der Waals surface area contributed by atoms with E-state index in [4.69, 9.17) is 0 Å². The van der Waals surface area contributed by atoms with Crippen LogP contribution in [0.2, 0.25) is 0 Å². The van der Waals surface area contributed by atoms with E-state index in [9.17, 15) is 9.59 Å². The van der Waals surface area contributed by atoms with Crippen molar-refractivity contribution < 1.29 is 4.79 Å². The zero-order chi connectivity index (χ0) is 11.3. The molecule has 4 nitrogen and oxygen atoms in total. The molecular formula is C10H14N2O2S. The van der Waals surface area contributed by atoms with Crippen molar-refractivity contribution in [1.29, 1.82) is 0 Å². The van der Waals surface area contributed by atoms with Crippen LogP contribution in [0.1, 0.15) is 12.1 Å². The molecule has 82 valence electrons. The van der Waals surface area contributed by atoms with Crippen molar-refractivity contribution >= 4 is 17.2 Å². The van der Waals surface area contributed by atoms with Gasteiger partial charge in [0.15, 0.2) is 0 Å². The Morgan fingerprint density at radius 2 is 2.47 bits per heavy atom. The zero-order valence-corrected chi connectivity index (χ0v) is 9.47. The summed E-state index contributed by atoms with van der Waals surface area (Å²) in [5.41, 5.74) is 0.823. The van der Waals surface area contributed by atoms with Gasteiger partial charge in [-0.3, -0.25) is 14.2 Å². The molecule has 0 aliphatic heterocycles. The number of rotatable bonds is 5. The highest BCUT2D eigenvalue weighted by Gasteiger charge is 2.06. The third-order valence-corrected chi connectivity index (χ3v) is 2.83. The molecule has 0 bridgehead atoms. The maximum absolute atomic E-state index is 11.4. The number of nitrogens with one attached hydrogen (secondary N) is 1. The molecule has 0 aliphatic carbocycles. The van der Waals surface area contributed by atoms with Crippen molar-refractivity contribution in [3.63, 3.8) is 0 Å². The third kappa shape index (κ3) is 3.36. The van der Waals surface area contributed by atoms with E-state index >= 15 is 0 Å². The van der Waals surface area contributed by atoms with Gasteiger partial charge in [-0.25, -0.2) is 0 Å². The number of amides is 1. The standard InChI is InChI=1S/C10H14N2O2S/c1-3-4-5-11-9(13)6-12-8(2)7-15-10(12)14/h3,7H,1,4-6H2,2H3,(H,11,13). The molecule has 0 unspecified atom stereocenters. The van der Waals surface area contributed by atoms with E-state index in [1.165, 1.54) is 4.57 Å². The fraction of sp³-hybridized carbons (Fsp3) is 0.400. The van der Waals surface area contributed by atoms with Crippen LogP contribution in [0.25, 0.3) is 0 Å². The van der Waals surface area contributed by atoms with Gasteiger partial charge in [0.25, 0.3) is 0 Å². The van der Waals surface area contributed by atoms with E-state index in [1.807, 2.05) is 6.92 Å². The van der Waals surface area contributed by atoms with Crippen molar-refractivity contribution in [2.75, 3.05) is 6.54 Å². The van der Waals surface area contributed by atoms with Crippen LogP contribution >= 0.6 is 11.3 Å². The minimum atomic E-state index is -0.138. The van der Waals surface area contributed by atoms with Gasteiger partial charge in [0.1, 0.15) is 6.54 Å². The fourth-order valence-electron chi connectivity index (χ4n) is 1.11. The molecule has 1 aromatic heterocycles. The summed E-state index contributed by atoms with van der Waals surface area (Å²) in [7, 11) is 0. The van der Waals surface area contributed by atoms with Crippen molar-refractivity contribution in [2.24, 2.45) is 0 Å². The van der Waals surface area contributed by atoms with Crippen LogP contribution in [-0.4, -0.2) is 17.0 Å². The lowest BCUT2D eigenvalue weighted by Crippen LogP contribution is -2.31. The van der Waals surface area contributed by atoms with Crippen LogP contribution in [0.5, 0.6) is 0 Å². The van der Waals surface area contributed by atoms with Gasteiger partial charge in [0.2, 0.25) is 5.91 Å². The number of carbonyl (C=O) groups excluding carboxylic acids is 1. The highest BCUT2D eigenvalue weighted by molar-refractivity contribution is 7.07. The van der Waals surface area contributed by atoms with Gasteiger partial charge < -0.3 is 5.32 Å². The average Bonchev–Trinajstić information content (AvgIpc) is 2.50. The Morgan fingerprint density at radius 1 is 1.73 bits per heavy atom. The maximum atomic E-state index is 11.4. The first-order valence-electron chi connectivity index (χ1n) is 4.67. The first kappa shape index (κ1) is 11.7. The highest BCUT2D eigenvalue weighted by atomic mass is 32.1. The molecule has 0 aliphatic rings. The second-order valence-electron chi connectivity index (χ2n) is 3.16. The number of hydrogen-bond donors (Lipinski definition) is 1. The number of carbonyl (C=O) groups is 1. The number of nitrogens with zero attached hydrogens (tertiary/aromatic N) is 1. The van der Waals surface area contributed by atoms with Gasteiger partial charge in [-0.2, -0.15) is 0 Å². The zero-order valence-electron chi connectivity index (χ0n) is 8.66. The second kappa shape index (κ2) is 5.50. The second-order valence-corrected chi connectivity index (χ2v) is 3.98. The highest BCUT2D eigenvalue weighted by Crippen LogP contribution is 1.98. The Kier molecular flexibility index (Phi) is 4.30. The van der Waals surface area contributed by atoms with Crippen molar-refractivity contribution in [2.45, 2.75) is 19.9 Å². The first-order valence-corrected chi connectivity index (χ1v) is 5.55. The van der Waals surface area contributed by atoms with Gasteiger partial charge >= 0.3 is 4.87 Å². The molecule has 0 spiro atoms. The van der Waals surface area contributed by atoms with Crippen LogP contribution < -0.4 is 10.2 Å². The number of aromatic nitrogens is 1. The Labute approximate surface area is 92.2 Å². The molecule has 5 heteroatoms. The van der Waals surface area contributed by atoms with Crippen LogP contribution in [0.15, 0.2) is 22.8 Å². The molecule has 0 radical (unpaired) electrons. The predicted molar refractivity (Wildman–Crippen MR) is 61.1 cm³/mol. The maximum Gasteiger partial charge on any atom is 0.307 e. The Bertz CT molecular complexity index is 406. The molecule has 15 heavy (non-hydrogen) atoms. The molecule has 0 aromatic carbocycles. The average molecular weight is 226 g/mol. The third-order valence-electron chi connectivity index (χ3n) is 1.95. The summed E-state index contributed by atoms with van der Waals surface area (Å²) in [5, 5.41) is 4.46. The molecule has 0 fully saturated rings. The van der Waals surface area contributed by atoms with Crippen LogP contribution in [-0.2, 0) is 11.3 Å². The normalized spacial score (nSPS) is 9.93. The molecule has 1 rings (SSSR count). The Morgan fingerprint density at radius 3 is 3.00 bits per heavy atom. The van der Waals surface area contributed by atoms with E-state index in [1.54, 1.807) is 11.5 Å². The summed E-state index contributed by atoms with van der Waals surface area (Å²) < 4.78 is 1.47. The minimum Gasteiger partial charge on any atom is -0.354 e.